The van der Waals surface area contributed by atoms with Crippen molar-refractivity contribution in [3.05, 3.63) is 52.2 Å². The highest BCUT2D eigenvalue weighted by Crippen LogP contribution is 2.44. The zero-order valence-corrected chi connectivity index (χ0v) is 17.2. The van der Waals surface area contributed by atoms with E-state index in [1.165, 1.54) is 0 Å². The van der Waals surface area contributed by atoms with Crippen LogP contribution >= 0.6 is 11.3 Å². The van der Waals surface area contributed by atoms with Gasteiger partial charge in [0, 0.05) is 29.6 Å². The Morgan fingerprint density at radius 1 is 1.25 bits per heavy atom. The average molecular weight is 398 g/mol. The van der Waals surface area contributed by atoms with Crippen LogP contribution in [0, 0.1) is 18.8 Å². The van der Waals surface area contributed by atoms with Gasteiger partial charge in [-0.1, -0.05) is 23.8 Å². The van der Waals surface area contributed by atoms with Crippen molar-refractivity contribution in [3.8, 4) is 0 Å². The van der Waals surface area contributed by atoms with Gasteiger partial charge in [-0.2, -0.15) is 0 Å². The van der Waals surface area contributed by atoms with Gasteiger partial charge in [0.1, 0.15) is 0 Å². The maximum absolute atomic E-state index is 13.5. The predicted molar refractivity (Wildman–Crippen MR) is 112 cm³/mol. The fourth-order valence-corrected chi connectivity index (χ4v) is 5.46. The van der Waals surface area contributed by atoms with E-state index >= 15 is 0 Å². The fraction of sp³-hybridized carbons (Fsp3) is 0.455. The van der Waals surface area contributed by atoms with Crippen molar-refractivity contribution < 1.29 is 9.59 Å². The lowest BCUT2D eigenvalue weighted by Crippen LogP contribution is -2.41. The average Bonchev–Trinajstić information content (AvgIpc) is 3.40. The first-order valence-electron chi connectivity index (χ1n) is 9.92. The number of benzene rings is 1. The number of carbonyl (C=O) groups is 2. The molecule has 2 aromatic rings. The summed E-state index contributed by atoms with van der Waals surface area (Å²) >= 11 is 1.61. The molecule has 4 rings (SSSR count). The minimum Gasteiger partial charge on any atom is -0.339 e. The minimum absolute atomic E-state index is 0.0165. The maximum atomic E-state index is 13.5. The Morgan fingerprint density at radius 2 is 2.00 bits per heavy atom. The molecule has 5 nitrogen and oxygen atoms in total. The number of anilines is 1. The first-order valence-corrected chi connectivity index (χ1v) is 10.8. The molecule has 2 amide bonds. The SMILES string of the molecule is Cc1ccc(N2C(=O)CC(C(=O)N3CC(CN)CC3C)C2c2cccs2)cc1. The summed E-state index contributed by atoms with van der Waals surface area (Å²) < 4.78 is 0. The first-order chi connectivity index (χ1) is 13.5. The fourth-order valence-electron chi connectivity index (χ4n) is 4.58. The molecule has 28 heavy (non-hydrogen) atoms. The van der Waals surface area contributed by atoms with Crippen molar-refractivity contribution in [1.29, 1.82) is 0 Å². The van der Waals surface area contributed by atoms with Gasteiger partial charge in [-0.3, -0.25) is 9.59 Å². The Kier molecular flexibility index (Phi) is 5.25. The molecule has 0 aliphatic carbocycles. The molecule has 2 fully saturated rings. The summed E-state index contributed by atoms with van der Waals surface area (Å²) in [6, 6.07) is 11.9. The molecular formula is C22H27N3O2S. The third kappa shape index (κ3) is 3.35. The molecule has 0 radical (unpaired) electrons. The van der Waals surface area contributed by atoms with E-state index in [2.05, 4.69) is 6.92 Å². The molecule has 2 aliphatic heterocycles. The minimum atomic E-state index is -0.355. The monoisotopic (exact) mass is 397 g/mol. The standard InChI is InChI=1S/C22H27N3O2S/c1-14-5-7-17(8-6-14)25-20(26)11-18(21(25)19-4-3-9-28-19)22(27)24-13-16(12-23)10-15(24)2/h3-9,15-16,18,21H,10-13,23H2,1-2H3. The number of carbonyl (C=O) groups excluding carboxylic acids is 2. The molecule has 0 saturated carbocycles. The molecule has 148 valence electrons. The van der Waals surface area contributed by atoms with Crippen LogP contribution in [0.25, 0.3) is 0 Å². The lowest BCUT2D eigenvalue weighted by atomic mass is 9.96. The number of thiophene rings is 1. The summed E-state index contributed by atoms with van der Waals surface area (Å²) in [6.07, 6.45) is 1.19. The van der Waals surface area contributed by atoms with E-state index in [0.29, 0.717) is 19.0 Å². The third-order valence-corrected chi connectivity index (χ3v) is 7.01. The zero-order chi connectivity index (χ0) is 19.8. The number of hydrogen-bond acceptors (Lipinski definition) is 4. The van der Waals surface area contributed by atoms with Crippen molar-refractivity contribution in [2.45, 2.75) is 38.8 Å². The van der Waals surface area contributed by atoms with Gasteiger partial charge in [-0.15, -0.1) is 11.3 Å². The quantitative estimate of drug-likeness (QED) is 0.860. The highest BCUT2D eigenvalue weighted by molar-refractivity contribution is 7.10. The van der Waals surface area contributed by atoms with Crippen molar-refractivity contribution in [2.75, 3.05) is 18.0 Å². The third-order valence-electron chi connectivity index (χ3n) is 6.06. The van der Waals surface area contributed by atoms with Crippen molar-refractivity contribution >= 4 is 28.8 Å². The van der Waals surface area contributed by atoms with Crippen LogP contribution in [0.4, 0.5) is 5.69 Å². The van der Waals surface area contributed by atoms with Crippen molar-refractivity contribution in [3.63, 3.8) is 0 Å². The van der Waals surface area contributed by atoms with Gasteiger partial charge in [-0.05, 0) is 56.3 Å². The van der Waals surface area contributed by atoms with Crippen LogP contribution in [0.15, 0.2) is 41.8 Å². The molecule has 0 bridgehead atoms. The van der Waals surface area contributed by atoms with E-state index in [-0.39, 0.29) is 36.2 Å². The van der Waals surface area contributed by atoms with Crippen molar-refractivity contribution in [2.24, 2.45) is 17.6 Å². The van der Waals surface area contributed by atoms with E-state index in [1.54, 1.807) is 11.3 Å². The number of aryl methyl sites for hydroxylation is 1. The van der Waals surface area contributed by atoms with Crippen LogP contribution in [0.1, 0.15) is 36.2 Å². The Hall–Kier alpha value is -2.18. The second-order valence-electron chi connectivity index (χ2n) is 8.05. The number of hydrogen-bond donors (Lipinski definition) is 1. The Bertz CT molecular complexity index is 849. The summed E-state index contributed by atoms with van der Waals surface area (Å²) in [5, 5.41) is 2.01. The molecular weight excluding hydrogens is 370 g/mol. The number of likely N-dealkylation sites (tertiary alicyclic amines) is 1. The predicted octanol–water partition coefficient (Wildman–Crippen LogP) is 3.35. The molecule has 4 atom stereocenters. The molecule has 6 heteroatoms. The largest absolute Gasteiger partial charge is 0.339 e. The molecule has 3 heterocycles. The van der Waals surface area contributed by atoms with Crippen molar-refractivity contribution in [1.82, 2.24) is 4.90 Å². The van der Waals surface area contributed by atoms with E-state index in [4.69, 9.17) is 5.73 Å². The van der Waals surface area contributed by atoms with Crippen LogP contribution in [0.2, 0.25) is 0 Å². The number of nitrogens with two attached hydrogens (primary N) is 1. The van der Waals surface area contributed by atoms with E-state index in [1.807, 2.05) is 58.5 Å². The van der Waals surface area contributed by atoms with Crippen LogP contribution in [-0.2, 0) is 9.59 Å². The van der Waals surface area contributed by atoms with E-state index in [0.717, 1.165) is 22.5 Å². The summed E-state index contributed by atoms with van der Waals surface area (Å²) in [5.74, 6) is 0.100. The van der Waals surface area contributed by atoms with Gasteiger partial charge < -0.3 is 15.5 Å². The molecule has 1 aromatic carbocycles. The molecule has 1 aromatic heterocycles. The van der Waals surface area contributed by atoms with Gasteiger partial charge in [-0.25, -0.2) is 0 Å². The zero-order valence-electron chi connectivity index (χ0n) is 16.4. The van der Waals surface area contributed by atoms with Crippen LogP contribution in [0.5, 0.6) is 0 Å². The summed E-state index contributed by atoms with van der Waals surface area (Å²) in [7, 11) is 0. The second kappa shape index (κ2) is 7.68. The maximum Gasteiger partial charge on any atom is 0.228 e. The Labute approximate surface area is 170 Å². The summed E-state index contributed by atoms with van der Waals surface area (Å²) in [6.45, 7) is 5.41. The molecule has 2 N–H and O–H groups in total. The van der Waals surface area contributed by atoms with E-state index < -0.39 is 0 Å². The Morgan fingerprint density at radius 3 is 2.61 bits per heavy atom. The molecule has 4 unspecified atom stereocenters. The first kappa shape index (κ1) is 19.2. The topological polar surface area (TPSA) is 66.6 Å². The van der Waals surface area contributed by atoms with Gasteiger partial charge in [0.2, 0.25) is 11.8 Å². The number of amides is 2. The normalized spacial score (nSPS) is 27.6. The second-order valence-corrected chi connectivity index (χ2v) is 9.03. The lowest BCUT2D eigenvalue weighted by molar-refractivity contribution is -0.137. The smallest absolute Gasteiger partial charge is 0.228 e. The van der Waals surface area contributed by atoms with E-state index in [9.17, 15) is 9.59 Å². The van der Waals surface area contributed by atoms with Gasteiger partial charge in [0.15, 0.2) is 0 Å². The van der Waals surface area contributed by atoms with Crippen LogP contribution in [-0.4, -0.2) is 35.8 Å². The van der Waals surface area contributed by atoms with Crippen LogP contribution < -0.4 is 10.6 Å². The molecule has 0 spiro atoms. The lowest BCUT2D eigenvalue weighted by Gasteiger charge is -2.31. The Balaban J connectivity index is 1.68. The van der Waals surface area contributed by atoms with Gasteiger partial charge >= 0.3 is 0 Å². The highest BCUT2D eigenvalue weighted by Gasteiger charge is 2.48. The summed E-state index contributed by atoms with van der Waals surface area (Å²) in [4.78, 5) is 31.4. The molecule has 2 saturated heterocycles. The highest BCUT2D eigenvalue weighted by atomic mass is 32.1. The van der Waals surface area contributed by atoms with Gasteiger partial charge in [0.05, 0.1) is 12.0 Å². The van der Waals surface area contributed by atoms with Gasteiger partial charge in [0.25, 0.3) is 0 Å². The number of rotatable bonds is 4. The molecule has 2 aliphatic rings. The summed E-state index contributed by atoms with van der Waals surface area (Å²) in [5.41, 5.74) is 7.86. The van der Waals surface area contributed by atoms with Crippen LogP contribution in [0.3, 0.4) is 0 Å². The number of nitrogens with zero attached hydrogens (tertiary/aromatic N) is 2.